The molecular weight excluding hydrogens is 406 g/mol. The maximum Gasteiger partial charge on any atom is 0.296 e. The molecule has 0 radical (unpaired) electrons. The van der Waals surface area contributed by atoms with E-state index in [1.165, 1.54) is 36.7 Å². The van der Waals surface area contributed by atoms with Crippen molar-refractivity contribution in [2.45, 2.75) is 12.6 Å². The number of aliphatic hydroxyl groups is 1. The van der Waals surface area contributed by atoms with E-state index < -0.39 is 17.7 Å². The van der Waals surface area contributed by atoms with Crippen molar-refractivity contribution in [2.75, 3.05) is 14.2 Å². The van der Waals surface area contributed by atoms with Gasteiger partial charge in [-0.3, -0.25) is 9.59 Å². The smallest absolute Gasteiger partial charge is 0.296 e. The van der Waals surface area contributed by atoms with Crippen LogP contribution in [0.2, 0.25) is 0 Å². The van der Waals surface area contributed by atoms with Gasteiger partial charge < -0.3 is 23.9 Å². The molecule has 2 aromatic heterocycles. The third-order valence-corrected chi connectivity index (χ3v) is 5.78. The Kier molecular flexibility index (Phi) is 5.33. The van der Waals surface area contributed by atoms with E-state index in [0.717, 1.165) is 4.88 Å². The van der Waals surface area contributed by atoms with Gasteiger partial charge in [-0.2, -0.15) is 0 Å². The lowest BCUT2D eigenvalue weighted by Gasteiger charge is -2.22. The Balaban J connectivity index is 1.84. The molecule has 1 saturated heterocycles. The average Bonchev–Trinajstić information content (AvgIpc) is 3.52. The van der Waals surface area contributed by atoms with Crippen molar-refractivity contribution >= 4 is 28.8 Å². The number of methoxy groups -OCH3 is 2. The number of hydrogen-bond acceptors (Lipinski definition) is 7. The van der Waals surface area contributed by atoms with Gasteiger partial charge in [-0.25, -0.2) is 0 Å². The molecule has 0 aliphatic carbocycles. The molecule has 0 saturated carbocycles. The summed E-state index contributed by atoms with van der Waals surface area (Å²) in [6, 6.07) is 11.1. The molecule has 154 valence electrons. The predicted molar refractivity (Wildman–Crippen MR) is 110 cm³/mol. The second-order valence-corrected chi connectivity index (χ2v) is 7.62. The maximum absolute atomic E-state index is 12.9. The fourth-order valence-electron chi connectivity index (χ4n) is 3.50. The number of Topliss-reactive ketones (excluding diaryl/α,β-unsaturated/α-hetero) is 1. The number of carbonyl (C=O) groups excluding carboxylic acids is 2. The van der Waals surface area contributed by atoms with Crippen molar-refractivity contribution < 1.29 is 28.6 Å². The molecule has 8 heteroatoms. The highest BCUT2D eigenvalue weighted by Crippen LogP contribution is 2.41. The van der Waals surface area contributed by atoms with Gasteiger partial charge in [-0.15, -0.1) is 11.3 Å². The van der Waals surface area contributed by atoms with Crippen LogP contribution in [0, 0.1) is 0 Å². The van der Waals surface area contributed by atoms with Crippen LogP contribution in [0.4, 0.5) is 0 Å². The van der Waals surface area contributed by atoms with Crippen molar-refractivity contribution in [3.63, 3.8) is 0 Å². The molecule has 1 amide bonds. The van der Waals surface area contributed by atoms with Gasteiger partial charge in [0.05, 0.1) is 32.6 Å². The highest BCUT2D eigenvalue weighted by atomic mass is 32.1. The van der Waals surface area contributed by atoms with Gasteiger partial charge in [0.25, 0.3) is 11.7 Å². The topological polar surface area (TPSA) is 89.2 Å². The number of nitrogens with zero attached hydrogens (tertiary/aromatic N) is 1. The molecule has 3 aromatic rings. The van der Waals surface area contributed by atoms with Gasteiger partial charge in [-0.1, -0.05) is 6.07 Å². The number of amides is 1. The molecule has 0 bridgehead atoms. The van der Waals surface area contributed by atoms with E-state index in [2.05, 4.69) is 0 Å². The number of ether oxygens (including phenoxy) is 2. The Bertz CT molecular complexity index is 1100. The first-order chi connectivity index (χ1) is 14.5. The molecule has 1 aromatic carbocycles. The lowest BCUT2D eigenvalue weighted by molar-refractivity contribution is -0.140. The van der Waals surface area contributed by atoms with Crippen molar-refractivity contribution in [3.8, 4) is 11.5 Å². The summed E-state index contributed by atoms with van der Waals surface area (Å²) in [6.07, 6.45) is 1.47. The number of carbonyl (C=O) groups is 2. The van der Waals surface area contributed by atoms with Gasteiger partial charge in [0.15, 0.2) is 11.5 Å². The summed E-state index contributed by atoms with van der Waals surface area (Å²) >= 11 is 1.48. The van der Waals surface area contributed by atoms with Crippen LogP contribution in [0.1, 0.15) is 22.2 Å². The Hall–Kier alpha value is -3.52. The quantitative estimate of drug-likeness (QED) is 0.365. The van der Waals surface area contributed by atoms with Gasteiger partial charge in [0, 0.05) is 10.4 Å². The van der Waals surface area contributed by atoms with Gasteiger partial charge in [-0.05, 0) is 41.8 Å². The van der Waals surface area contributed by atoms with Crippen LogP contribution in [0.3, 0.4) is 0 Å². The molecule has 1 unspecified atom stereocenters. The maximum atomic E-state index is 12.9. The number of thiophene rings is 1. The summed E-state index contributed by atoms with van der Waals surface area (Å²) in [6.45, 7) is 0.232. The van der Waals surface area contributed by atoms with E-state index in [-0.39, 0.29) is 17.9 Å². The van der Waals surface area contributed by atoms with Crippen LogP contribution in [0.15, 0.2) is 64.1 Å². The summed E-state index contributed by atoms with van der Waals surface area (Å²) in [5.41, 5.74) is 0.303. The molecule has 1 atom stereocenters. The number of benzene rings is 1. The summed E-state index contributed by atoms with van der Waals surface area (Å²) < 4.78 is 16.0. The van der Waals surface area contributed by atoms with Crippen LogP contribution in [-0.4, -0.2) is 35.9 Å². The predicted octanol–water partition coefficient (Wildman–Crippen LogP) is 3.98. The van der Waals surface area contributed by atoms with Gasteiger partial charge >= 0.3 is 0 Å². The van der Waals surface area contributed by atoms with Crippen molar-refractivity contribution in [2.24, 2.45) is 0 Å². The number of furan rings is 1. The molecule has 1 fully saturated rings. The molecule has 30 heavy (non-hydrogen) atoms. The molecule has 4 rings (SSSR count). The standard InChI is InChI=1S/C22H19NO6S/c1-27-15-8-7-13(11-17(15)28-2)20(24)18-19(16-6-3-9-29-16)23(22(26)21(18)25)12-14-5-4-10-30-14/h3-11,19,24H,12H2,1-2H3/b20-18-. The first kappa shape index (κ1) is 19.8. The lowest BCUT2D eigenvalue weighted by atomic mass is 9.99. The van der Waals surface area contributed by atoms with Crippen LogP contribution in [0.5, 0.6) is 11.5 Å². The molecule has 1 aliphatic heterocycles. The third-order valence-electron chi connectivity index (χ3n) is 4.92. The first-order valence-electron chi connectivity index (χ1n) is 9.11. The third kappa shape index (κ3) is 3.35. The summed E-state index contributed by atoms with van der Waals surface area (Å²) in [4.78, 5) is 28.1. The van der Waals surface area contributed by atoms with E-state index >= 15 is 0 Å². The van der Waals surface area contributed by atoms with E-state index in [4.69, 9.17) is 13.9 Å². The zero-order valence-electron chi connectivity index (χ0n) is 16.3. The van der Waals surface area contributed by atoms with Crippen LogP contribution in [-0.2, 0) is 16.1 Å². The minimum Gasteiger partial charge on any atom is -0.507 e. The van der Waals surface area contributed by atoms with Crippen LogP contribution < -0.4 is 9.47 Å². The fraction of sp³-hybridized carbons (Fsp3) is 0.182. The number of ketones is 1. The van der Waals surface area contributed by atoms with E-state index in [1.54, 1.807) is 30.3 Å². The largest absolute Gasteiger partial charge is 0.507 e. The Labute approximate surface area is 176 Å². The van der Waals surface area contributed by atoms with Gasteiger partial charge in [0.2, 0.25) is 0 Å². The fourth-order valence-corrected chi connectivity index (χ4v) is 4.20. The van der Waals surface area contributed by atoms with Crippen molar-refractivity contribution in [1.29, 1.82) is 0 Å². The second kappa shape index (κ2) is 8.08. The SMILES string of the molecule is COc1ccc(/C(O)=C2/C(=O)C(=O)N(Cc3cccs3)C2c2ccco2)cc1OC. The van der Waals surface area contributed by atoms with Crippen LogP contribution >= 0.6 is 11.3 Å². The average molecular weight is 425 g/mol. The molecular formula is C22H19NO6S. The summed E-state index contributed by atoms with van der Waals surface area (Å²) in [7, 11) is 2.98. The Morgan fingerprint density at radius 1 is 1.13 bits per heavy atom. The molecule has 1 N–H and O–H groups in total. The minimum atomic E-state index is -0.838. The van der Waals surface area contributed by atoms with E-state index in [1.807, 2.05) is 17.5 Å². The lowest BCUT2D eigenvalue weighted by Crippen LogP contribution is -2.28. The molecule has 3 heterocycles. The first-order valence-corrected chi connectivity index (χ1v) is 9.99. The normalized spacial score (nSPS) is 18.1. The Morgan fingerprint density at radius 2 is 1.93 bits per heavy atom. The number of rotatable bonds is 6. The highest BCUT2D eigenvalue weighted by molar-refractivity contribution is 7.09. The number of hydrogen-bond donors (Lipinski definition) is 1. The summed E-state index contributed by atoms with van der Waals surface area (Å²) in [5, 5.41) is 12.9. The van der Waals surface area contributed by atoms with Crippen molar-refractivity contribution in [1.82, 2.24) is 4.90 Å². The zero-order valence-corrected chi connectivity index (χ0v) is 17.1. The van der Waals surface area contributed by atoms with Crippen molar-refractivity contribution in [3.05, 3.63) is 75.9 Å². The summed E-state index contributed by atoms with van der Waals surface area (Å²) in [5.74, 6) is -0.483. The minimum absolute atomic E-state index is 0.0290. The monoisotopic (exact) mass is 425 g/mol. The van der Waals surface area contributed by atoms with E-state index in [0.29, 0.717) is 22.8 Å². The zero-order chi connectivity index (χ0) is 21.3. The van der Waals surface area contributed by atoms with E-state index in [9.17, 15) is 14.7 Å². The second-order valence-electron chi connectivity index (χ2n) is 6.59. The molecule has 1 aliphatic rings. The van der Waals surface area contributed by atoms with Crippen LogP contribution in [0.25, 0.3) is 5.76 Å². The molecule has 0 spiro atoms. The number of aliphatic hydroxyl groups excluding tert-OH is 1. The number of likely N-dealkylation sites (tertiary alicyclic amines) is 1. The highest BCUT2D eigenvalue weighted by Gasteiger charge is 2.47. The molecule has 7 nitrogen and oxygen atoms in total. The van der Waals surface area contributed by atoms with Gasteiger partial charge in [0.1, 0.15) is 17.6 Å². The Morgan fingerprint density at radius 3 is 2.57 bits per heavy atom.